The minimum Gasteiger partial charge on any atom is -0.356 e. The van der Waals surface area contributed by atoms with Crippen molar-refractivity contribution in [3.8, 4) is 0 Å². The molecule has 42 heavy (non-hydrogen) atoms. The third kappa shape index (κ3) is 8.54. The van der Waals surface area contributed by atoms with Gasteiger partial charge in [0.25, 0.3) is 5.56 Å². The number of fused-ring (bicyclic) bond motifs is 1. The fourth-order valence-corrected chi connectivity index (χ4v) is 4.24. The summed E-state index contributed by atoms with van der Waals surface area (Å²) < 4.78 is 35.1. The van der Waals surface area contributed by atoms with Gasteiger partial charge in [0.1, 0.15) is 11.5 Å². The lowest BCUT2D eigenvalue weighted by Crippen LogP contribution is -2.47. The van der Waals surface area contributed by atoms with Crippen LogP contribution in [0.15, 0.2) is 41.3 Å². The maximum Gasteiger partial charge on any atom is 0.274 e. The number of amides is 2. The number of nitrogens with one attached hydrogen (secondary N) is 3. The Kier molecular flexibility index (Phi) is 10.7. The Morgan fingerprint density at radius 1 is 1.29 bits per heavy atom. The second-order valence-corrected chi connectivity index (χ2v) is 11.3. The molecule has 0 saturated heterocycles. The molecule has 228 valence electrons. The first-order valence-electron chi connectivity index (χ1n) is 13.4. The van der Waals surface area contributed by atoms with Gasteiger partial charge in [-0.05, 0) is 42.9 Å². The molecule has 1 aromatic carbocycles. The number of aromatic nitrogens is 3. The van der Waals surface area contributed by atoms with Crippen LogP contribution in [0.3, 0.4) is 0 Å². The lowest BCUT2D eigenvalue weighted by molar-refractivity contribution is -0.129. The van der Waals surface area contributed by atoms with Crippen molar-refractivity contribution < 1.29 is 28.2 Å². The Hall–Kier alpha value is -3.94. The number of aromatic amines is 1. The quantitative estimate of drug-likeness (QED) is 0.188. The largest absolute Gasteiger partial charge is 0.356 e. The number of ether oxygens (including phenoxy) is 1. The molecule has 1 unspecified atom stereocenters. The number of aliphatic hydroxyl groups excluding tert-OH is 1. The van der Waals surface area contributed by atoms with E-state index in [0.717, 1.165) is 6.07 Å². The van der Waals surface area contributed by atoms with E-state index in [2.05, 4.69) is 20.6 Å². The number of carbonyl (C=O) groups is 2. The van der Waals surface area contributed by atoms with E-state index in [1.54, 1.807) is 26.2 Å². The highest BCUT2D eigenvalue weighted by atomic mass is 19.2. The second kappa shape index (κ2) is 13.8. The number of H-pyrrole nitrogens is 1. The number of imidazole rings is 1. The molecule has 0 spiro atoms. The van der Waals surface area contributed by atoms with Crippen LogP contribution in [-0.2, 0) is 27.3 Å². The molecule has 0 saturated carbocycles. The van der Waals surface area contributed by atoms with E-state index in [-0.39, 0.29) is 42.0 Å². The first-order chi connectivity index (χ1) is 19.7. The Balaban J connectivity index is 1.81. The summed E-state index contributed by atoms with van der Waals surface area (Å²) in [5.41, 5.74) is -0.125. The van der Waals surface area contributed by atoms with Crippen LogP contribution in [0, 0.1) is 17.0 Å². The topological polar surface area (TPSA) is 142 Å². The Morgan fingerprint density at radius 3 is 2.64 bits per heavy atom. The zero-order valence-electron chi connectivity index (χ0n) is 24.6. The van der Waals surface area contributed by atoms with E-state index in [0.29, 0.717) is 23.3 Å². The average Bonchev–Trinajstić information content (AvgIpc) is 3.31. The van der Waals surface area contributed by atoms with Crippen molar-refractivity contribution in [1.29, 1.82) is 0 Å². The molecule has 13 heteroatoms. The first kappa shape index (κ1) is 32.6. The molecule has 3 rings (SSSR count). The third-order valence-corrected chi connectivity index (χ3v) is 6.32. The van der Waals surface area contributed by atoms with E-state index in [1.165, 1.54) is 34.9 Å². The number of anilines is 1. The predicted octanol–water partition coefficient (Wildman–Crippen LogP) is 2.88. The van der Waals surface area contributed by atoms with E-state index >= 15 is 0 Å². The minimum atomic E-state index is -1.44. The Bertz CT molecular complexity index is 1510. The highest BCUT2D eigenvalue weighted by Gasteiger charge is 2.24. The van der Waals surface area contributed by atoms with E-state index in [9.17, 15) is 28.3 Å². The normalized spacial score (nSPS) is 13.5. The summed E-state index contributed by atoms with van der Waals surface area (Å²) in [5, 5.41) is 15.1. The molecular weight excluding hydrogens is 550 g/mol. The van der Waals surface area contributed by atoms with Gasteiger partial charge < -0.3 is 29.6 Å². The molecule has 3 aromatic rings. The highest BCUT2D eigenvalue weighted by molar-refractivity contribution is 5.94. The number of methoxy groups -OCH3 is 1. The summed E-state index contributed by atoms with van der Waals surface area (Å²) >= 11 is 0. The molecule has 2 atom stereocenters. The fourth-order valence-electron chi connectivity index (χ4n) is 4.24. The van der Waals surface area contributed by atoms with Gasteiger partial charge in [-0.3, -0.25) is 19.7 Å². The van der Waals surface area contributed by atoms with Crippen LogP contribution < -0.4 is 16.2 Å². The second-order valence-electron chi connectivity index (χ2n) is 11.3. The number of allylic oxidation sites excluding steroid dienone is 1. The molecule has 11 nitrogen and oxygen atoms in total. The maximum absolute atomic E-state index is 14.7. The number of carbonyl (C=O) groups excluding carboxylic acids is 2. The zero-order valence-corrected chi connectivity index (χ0v) is 24.6. The molecule has 0 fully saturated rings. The molecule has 0 bridgehead atoms. The number of benzene rings is 1. The van der Waals surface area contributed by atoms with E-state index in [4.69, 9.17) is 4.74 Å². The monoisotopic (exact) mass is 588 g/mol. The molecule has 2 amide bonds. The molecule has 4 N–H and O–H groups in total. The molecule has 0 aliphatic rings. The maximum atomic E-state index is 14.7. The van der Waals surface area contributed by atoms with E-state index < -0.39 is 35.6 Å². The summed E-state index contributed by atoms with van der Waals surface area (Å²) in [5.74, 6) is -2.44. The van der Waals surface area contributed by atoms with Gasteiger partial charge in [-0.15, -0.1) is 0 Å². The van der Waals surface area contributed by atoms with Crippen molar-refractivity contribution in [2.45, 2.75) is 59.0 Å². The minimum absolute atomic E-state index is 0.0267. The van der Waals surface area contributed by atoms with Gasteiger partial charge in [0.15, 0.2) is 11.6 Å². The number of hydrogen-bond acceptors (Lipinski definition) is 7. The van der Waals surface area contributed by atoms with Crippen LogP contribution in [0.2, 0.25) is 0 Å². The van der Waals surface area contributed by atoms with Gasteiger partial charge in [-0.1, -0.05) is 26.8 Å². The van der Waals surface area contributed by atoms with Gasteiger partial charge in [-0.2, -0.15) is 0 Å². The van der Waals surface area contributed by atoms with Gasteiger partial charge in [-0.25, -0.2) is 13.8 Å². The van der Waals surface area contributed by atoms with Crippen LogP contribution in [0.1, 0.15) is 45.0 Å². The highest BCUT2D eigenvalue weighted by Crippen LogP contribution is 2.29. The van der Waals surface area contributed by atoms with Crippen LogP contribution >= 0.6 is 0 Å². The van der Waals surface area contributed by atoms with Gasteiger partial charge in [0.2, 0.25) is 18.2 Å². The van der Waals surface area contributed by atoms with Crippen LogP contribution in [-0.4, -0.2) is 70.0 Å². The molecular formula is C29H38F2N6O5. The molecule has 2 heterocycles. The lowest BCUT2D eigenvalue weighted by atomic mass is 9.87. The van der Waals surface area contributed by atoms with Crippen molar-refractivity contribution in [1.82, 2.24) is 24.8 Å². The molecule has 0 aliphatic heterocycles. The van der Waals surface area contributed by atoms with Crippen molar-refractivity contribution in [3.63, 3.8) is 0 Å². The number of nitrogens with zero attached hydrogens (tertiary/aromatic N) is 3. The lowest BCUT2D eigenvalue weighted by Gasteiger charge is -2.20. The van der Waals surface area contributed by atoms with Crippen LogP contribution in [0.5, 0.6) is 0 Å². The van der Waals surface area contributed by atoms with Crippen molar-refractivity contribution in [2.75, 3.05) is 26.5 Å². The standard InChI is InChI=1S/C29H38F2N6O5/c1-29(2,3)15-17-24(31)18(30)14-21-25(17)35-22(32-21)16-37-13-9-11-20(27(37)40)33-26(39)19(34-28(41)42-6)10-7-8-12-23(38)36(4)5/h8-9,11-14,19,28,34,41H,7,10,15-16H2,1-6H3,(H,32,35)(H,33,39)/b12-8+/t19-,28?/m0/s1. The SMILES string of the molecule is COC(O)N[C@@H](CC/C=C/C(=O)N(C)C)C(=O)Nc1cccn(Cc2nc3c(CC(C)(C)C)c(F)c(F)cc3[nH]2)c1=O. The smallest absolute Gasteiger partial charge is 0.274 e. The van der Waals surface area contributed by atoms with Crippen LogP contribution in [0.4, 0.5) is 14.5 Å². The summed E-state index contributed by atoms with van der Waals surface area (Å²) in [7, 11) is 4.49. The molecule has 0 radical (unpaired) electrons. The summed E-state index contributed by atoms with van der Waals surface area (Å²) in [6.07, 6.45) is 3.82. The predicted molar refractivity (Wildman–Crippen MR) is 155 cm³/mol. The van der Waals surface area contributed by atoms with Gasteiger partial charge in [0, 0.05) is 39.0 Å². The Labute approximate surface area is 242 Å². The van der Waals surface area contributed by atoms with Gasteiger partial charge in [0.05, 0.1) is 23.6 Å². The van der Waals surface area contributed by atoms with Crippen LogP contribution in [0.25, 0.3) is 11.0 Å². The Morgan fingerprint density at radius 2 is 2.00 bits per heavy atom. The molecule has 2 aromatic heterocycles. The fraction of sp³-hybridized carbons (Fsp3) is 0.448. The third-order valence-electron chi connectivity index (χ3n) is 6.32. The van der Waals surface area contributed by atoms with E-state index in [1.807, 2.05) is 20.8 Å². The van der Waals surface area contributed by atoms with Gasteiger partial charge >= 0.3 is 0 Å². The van der Waals surface area contributed by atoms with Crippen molar-refractivity contribution in [3.05, 3.63) is 69.9 Å². The average molecular weight is 589 g/mol. The zero-order chi connectivity index (χ0) is 31.2. The number of hydrogen-bond donors (Lipinski definition) is 4. The van der Waals surface area contributed by atoms with Crippen molar-refractivity contribution in [2.24, 2.45) is 5.41 Å². The van der Waals surface area contributed by atoms with Crippen molar-refractivity contribution >= 4 is 28.5 Å². The summed E-state index contributed by atoms with van der Waals surface area (Å²) in [6.45, 7) is 5.68. The number of aliphatic hydroxyl groups is 1. The summed E-state index contributed by atoms with van der Waals surface area (Å²) in [6, 6.07) is 3.07. The first-order valence-corrected chi connectivity index (χ1v) is 13.4. The number of likely N-dealkylation sites (N-methyl/N-ethyl adjacent to an activating group) is 1. The number of rotatable bonds is 12. The molecule has 0 aliphatic carbocycles. The summed E-state index contributed by atoms with van der Waals surface area (Å²) in [4.78, 5) is 46.9. The number of halogens is 2. The number of pyridine rings is 1.